The van der Waals surface area contributed by atoms with Crippen molar-refractivity contribution in [2.24, 2.45) is 0 Å². The minimum absolute atomic E-state index is 0.00856. The van der Waals surface area contributed by atoms with Crippen molar-refractivity contribution in [2.45, 2.75) is 31.7 Å². The Labute approximate surface area is 192 Å². The summed E-state index contributed by atoms with van der Waals surface area (Å²) in [7, 11) is 0. The number of carbonyl (C=O) groups is 1. The second kappa shape index (κ2) is 9.12. The van der Waals surface area contributed by atoms with Gasteiger partial charge >= 0.3 is 0 Å². The van der Waals surface area contributed by atoms with Crippen LogP contribution in [0.1, 0.15) is 35.6 Å². The van der Waals surface area contributed by atoms with E-state index in [9.17, 15) is 18.0 Å². The number of H-pyrrole nitrogens is 1. The van der Waals surface area contributed by atoms with Gasteiger partial charge in [0.05, 0.1) is 6.20 Å². The summed E-state index contributed by atoms with van der Waals surface area (Å²) in [5.74, 6) is -1.79. The molecule has 2 aromatic carbocycles. The number of likely N-dealkylation sites (tertiary alicyclic amines) is 1. The summed E-state index contributed by atoms with van der Waals surface area (Å²) in [6.45, 7) is 0.543. The van der Waals surface area contributed by atoms with Crippen LogP contribution in [-0.4, -0.2) is 43.8 Å². The van der Waals surface area contributed by atoms with Crippen LogP contribution in [0.5, 0.6) is 0 Å². The normalized spacial score (nSPS) is 16.1. The predicted octanol–water partition coefficient (Wildman–Crippen LogP) is 4.78. The summed E-state index contributed by atoms with van der Waals surface area (Å²) in [6, 6.07) is 8.65. The maximum Gasteiger partial charge on any atom is 0.272 e. The first-order valence-electron chi connectivity index (χ1n) is 10.9. The van der Waals surface area contributed by atoms with Crippen molar-refractivity contribution in [3.8, 4) is 22.6 Å². The van der Waals surface area contributed by atoms with Crippen LogP contribution < -0.4 is 0 Å². The van der Waals surface area contributed by atoms with Gasteiger partial charge in [0.25, 0.3) is 5.91 Å². The minimum Gasteiger partial charge on any atom is -0.421 e. The largest absolute Gasteiger partial charge is 0.421 e. The van der Waals surface area contributed by atoms with Crippen molar-refractivity contribution in [1.82, 2.24) is 25.3 Å². The van der Waals surface area contributed by atoms with Gasteiger partial charge in [0, 0.05) is 36.2 Å². The topological polar surface area (TPSA) is 87.9 Å². The highest BCUT2D eigenvalue weighted by molar-refractivity contribution is 5.99. The summed E-state index contributed by atoms with van der Waals surface area (Å²) < 4.78 is 46.1. The lowest BCUT2D eigenvalue weighted by molar-refractivity contribution is 0.0600. The number of benzene rings is 2. The number of hydrogen-bond acceptors (Lipinski definition) is 5. The van der Waals surface area contributed by atoms with Gasteiger partial charge in [0.15, 0.2) is 0 Å². The molecule has 3 heterocycles. The molecule has 1 amide bonds. The van der Waals surface area contributed by atoms with E-state index in [1.54, 1.807) is 23.2 Å². The van der Waals surface area contributed by atoms with E-state index in [1.807, 2.05) is 0 Å². The molecule has 1 atom stereocenters. The summed E-state index contributed by atoms with van der Waals surface area (Å²) in [6.07, 6.45) is 4.36. The van der Waals surface area contributed by atoms with Crippen LogP contribution in [0.25, 0.3) is 22.6 Å². The lowest BCUT2D eigenvalue weighted by Gasteiger charge is -2.35. The second-order valence-electron chi connectivity index (χ2n) is 8.18. The number of nitrogens with zero attached hydrogens (tertiary/aromatic N) is 4. The predicted molar refractivity (Wildman–Crippen MR) is 116 cm³/mol. The SMILES string of the molecule is O=C(c1[nH]ncc1-c1ccc(F)cc1)N1CCCCC1Cc1nnc(-c2cc(F)cc(F)c2)o1. The third-order valence-electron chi connectivity index (χ3n) is 5.88. The number of aromatic amines is 1. The molecular formula is C24H20F3N5O2. The molecule has 1 aliphatic rings. The maximum absolute atomic E-state index is 13.5. The molecule has 0 saturated carbocycles. The Kier molecular flexibility index (Phi) is 5.87. The van der Waals surface area contributed by atoms with Crippen LogP contribution in [-0.2, 0) is 6.42 Å². The van der Waals surface area contributed by atoms with Crippen LogP contribution >= 0.6 is 0 Å². The molecular weight excluding hydrogens is 447 g/mol. The Morgan fingerprint density at radius 1 is 1.00 bits per heavy atom. The molecule has 1 unspecified atom stereocenters. The fourth-order valence-corrected chi connectivity index (χ4v) is 4.25. The smallest absolute Gasteiger partial charge is 0.272 e. The van der Waals surface area contributed by atoms with Gasteiger partial charge in [0.1, 0.15) is 23.1 Å². The highest BCUT2D eigenvalue weighted by atomic mass is 19.1. The number of aromatic nitrogens is 4. The average Bonchev–Trinajstić information content (AvgIpc) is 3.49. The van der Waals surface area contributed by atoms with E-state index >= 15 is 0 Å². The third-order valence-corrected chi connectivity index (χ3v) is 5.88. The molecule has 10 heteroatoms. The number of hydrogen-bond donors (Lipinski definition) is 1. The van der Waals surface area contributed by atoms with Crippen molar-refractivity contribution in [2.75, 3.05) is 6.54 Å². The number of piperidine rings is 1. The Bertz CT molecular complexity index is 1300. The van der Waals surface area contributed by atoms with Gasteiger partial charge in [-0.1, -0.05) is 12.1 Å². The van der Waals surface area contributed by atoms with Gasteiger partial charge in [-0.05, 0) is 49.1 Å². The standard InChI is InChI=1S/C24H20F3N5O2/c25-16-6-4-14(5-7-16)20-13-28-30-22(20)24(33)32-8-2-1-3-19(32)12-21-29-31-23(34-21)15-9-17(26)11-18(27)10-15/h4-7,9-11,13,19H,1-3,8,12H2,(H,28,30). The Hall–Kier alpha value is -3.95. The van der Waals surface area contributed by atoms with Gasteiger partial charge in [-0.2, -0.15) is 5.10 Å². The summed E-state index contributed by atoms with van der Waals surface area (Å²) in [4.78, 5) is 15.2. The molecule has 0 aliphatic carbocycles. The van der Waals surface area contributed by atoms with Gasteiger partial charge in [-0.25, -0.2) is 13.2 Å². The zero-order valence-electron chi connectivity index (χ0n) is 18.0. The fourth-order valence-electron chi connectivity index (χ4n) is 4.25. The zero-order chi connectivity index (χ0) is 23.7. The summed E-state index contributed by atoms with van der Waals surface area (Å²) >= 11 is 0. The highest BCUT2D eigenvalue weighted by Gasteiger charge is 2.31. The Balaban J connectivity index is 1.37. The molecule has 1 N–H and O–H groups in total. The lowest BCUT2D eigenvalue weighted by atomic mass is 9.97. The van der Waals surface area contributed by atoms with Crippen LogP contribution in [0, 0.1) is 17.5 Å². The number of amides is 1. The number of carbonyl (C=O) groups excluding carboxylic acids is 1. The van der Waals surface area contributed by atoms with Gasteiger partial charge in [-0.3, -0.25) is 9.89 Å². The van der Waals surface area contributed by atoms with Gasteiger partial charge < -0.3 is 9.32 Å². The molecule has 1 saturated heterocycles. The molecule has 1 fully saturated rings. The minimum atomic E-state index is -0.740. The third kappa shape index (κ3) is 4.43. The molecule has 2 aromatic heterocycles. The molecule has 174 valence electrons. The van der Waals surface area contributed by atoms with E-state index in [0.29, 0.717) is 29.8 Å². The van der Waals surface area contributed by atoms with E-state index in [2.05, 4.69) is 20.4 Å². The monoisotopic (exact) mass is 467 g/mol. The maximum atomic E-state index is 13.5. The van der Waals surface area contributed by atoms with E-state index in [-0.39, 0.29) is 35.1 Å². The summed E-state index contributed by atoms with van der Waals surface area (Å²) in [5.41, 5.74) is 1.73. The molecule has 0 radical (unpaired) electrons. The van der Waals surface area contributed by atoms with Crippen LogP contribution in [0.15, 0.2) is 53.1 Å². The average molecular weight is 467 g/mol. The molecule has 1 aliphatic heterocycles. The van der Waals surface area contributed by atoms with E-state index < -0.39 is 11.6 Å². The van der Waals surface area contributed by atoms with E-state index in [4.69, 9.17) is 4.42 Å². The molecule has 0 bridgehead atoms. The first kappa shape index (κ1) is 21.9. The van der Waals surface area contributed by atoms with Crippen LogP contribution in [0.4, 0.5) is 13.2 Å². The molecule has 34 heavy (non-hydrogen) atoms. The molecule has 0 spiro atoms. The van der Waals surface area contributed by atoms with E-state index in [0.717, 1.165) is 37.5 Å². The van der Waals surface area contributed by atoms with Gasteiger partial charge in [-0.15, -0.1) is 10.2 Å². The highest BCUT2D eigenvalue weighted by Crippen LogP contribution is 2.28. The number of nitrogens with one attached hydrogen (secondary N) is 1. The quantitative estimate of drug-likeness (QED) is 0.456. The molecule has 5 rings (SSSR count). The molecule has 4 aromatic rings. The fraction of sp³-hybridized carbons (Fsp3) is 0.250. The van der Waals surface area contributed by atoms with Crippen molar-refractivity contribution in [3.05, 3.63) is 77.7 Å². The Morgan fingerprint density at radius 2 is 1.76 bits per heavy atom. The zero-order valence-corrected chi connectivity index (χ0v) is 18.0. The van der Waals surface area contributed by atoms with Gasteiger partial charge in [0.2, 0.25) is 11.8 Å². The second-order valence-corrected chi connectivity index (χ2v) is 8.18. The number of halogens is 3. The van der Waals surface area contributed by atoms with Crippen molar-refractivity contribution < 1.29 is 22.4 Å². The van der Waals surface area contributed by atoms with Crippen LogP contribution in [0.2, 0.25) is 0 Å². The van der Waals surface area contributed by atoms with Crippen molar-refractivity contribution in [1.29, 1.82) is 0 Å². The van der Waals surface area contributed by atoms with Crippen LogP contribution in [0.3, 0.4) is 0 Å². The van der Waals surface area contributed by atoms with Crippen molar-refractivity contribution in [3.63, 3.8) is 0 Å². The first-order chi connectivity index (χ1) is 16.5. The van der Waals surface area contributed by atoms with Crippen molar-refractivity contribution >= 4 is 5.91 Å². The summed E-state index contributed by atoms with van der Waals surface area (Å²) in [5, 5.41) is 14.7. The first-order valence-corrected chi connectivity index (χ1v) is 10.9. The lowest BCUT2D eigenvalue weighted by Crippen LogP contribution is -2.45. The number of rotatable bonds is 5. The molecule has 7 nitrogen and oxygen atoms in total. The Morgan fingerprint density at radius 3 is 2.53 bits per heavy atom. The van der Waals surface area contributed by atoms with E-state index in [1.165, 1.54) is 12.1 Å².